The second kappa shape index (κ2) is 7.87. The first-order chi connectivity index (χ1) is 13.0. The van der Waals surface area contributed by atoms with Gasteiger partial charge >= 0.3 is 5.97 Å². The summed E-state index contributed by atoms with van der Waals surface area (Å²) in [7, 11) is 0. The Labute approximate surface area is 158 Å². The van der Waals surface area contributed by atoms with Crippen molar-refractivity contribution in [3.8, 4) is 16.9 Å². The third kappa shape index (κ3) is 3.75. The van der Waals surface area contributed by atoms with Crippen molar-refractivity contribution in [1.29, 1.82) is 0 Å². The van der Waals surface area contributed by atoms with Crippen molar-refractivity contribution in [2.75, 3.05) is 6.61 Å². The summed E-state index contributed by atoms with van der Waals surface area (Å²) in [4.78, 5) is 25.4. The van der Waals surface area contributed by atoms with E-state index in [4.69, 9.17) is 4.74 Å². The summed E-state index contributed by atoms with van der Waals surface area (Å²) in [6, 6.07) is 19.2. The zero-order valence-electron chi connectivity index (χ0n) is 15.2. The number of hydrogen-bond acceptors (Lipinski definition) is 4. The highest BCUT2D eigenvalue weighted by molar-refractivity contribution is 6.12. The number of hydrogen-bond donors (Lipinski definition) is 1. The van der Waals surface area contributed by atoms with E-state index in [1.54, 1.807) is 31.2 Å². The van der Waals surface area contributed by atoms with E-state index in [9.17, 15) is 14.7 Å². The molecular weight excluding hydrogens is 340 g/mol. The van der Waals surface area contributed by atoms with Gasteiger partial charge in [-0.3, -0.25) is 4.79 Å². The molecule has 0 fully saturated rings. The van der Waals surface area contributed by atoms with E-state index in [0.29, 0.717) is 11.1 Å². The highest BCUT2D eigenvalue weighted by Crippen LogP contribution is 2.30. The lowest BCUT2D eigenvalue weighted by molar-refractivity contribution is 0.0525. The van der Waals surface area contributed by atoms with Crippen LogP contribution in [0.4, 0.5) is 0 Å². The monoisotopic (exact) mass is 360 g/mol. The molecule has 0 unspecified atom stereocenters. The maximum Gasteiger partial charge on any atom is 0.338 e. The van der Waals surface area contributed by atoms with Crippen LogP contribution in [0, 0.1) is 6.92 Å². The van der Waals surface area contributed by atoms with E-state index in [2.05, 4.69) is 0 Å². The largest absolute Gasteiger partial charge is 0.507 e. The third-order valence-corrected chi connectivity index (χ3v) is 4.40. The first-order valence-corrected chi connectivity index (χ1v) is 8.72. The molecule has 0 heterocycles. The fraction of sp³-hybridized carbons (Fsp3) is 0.130. The Hall–Kier alpha value is -3.40. The molecule has 27 heavy (non-hydrogen) atoms. The highest BCUT2D eigenvalue weighted by Gasteiger charge is 2.20. The van der Waals surface area contributed by atoms with Crippen molar-refractivity contribution < 1.29 is 19.4 Å². The SMILES string of the molecule is CCOC(=O)c1cc(C(=O)c2ccccc2O)cc(-c2ccccc2)c1C. The van der Waals surface area contributed by atoms with Crippen molar-refractivity contribution in [2.45, 2.75) is 13.8 Å². The van der Waals surface area contributed by atoms with Crippen LogP contribution in [0.2, 0.25) is 0 Å². The van der Waals surface area contributed by atoms with E-state index in [0.717, 1.165) is 16.7 Å². The number of phenolic OH excluding ortho intramolecular Hbond substituents is 1. The lowest BCUT2D eigenvalue weighted by Crippen LogP contribution is -2.11. The zero-order chi connectivity index (χ0) is 19.4. The quantitative estimate of drug-likeness (QED) is 0.525. The second-order valence-corrected chi connectivity index (χ2v) is 6.13. The van der Waals surface area contributed by atoms with Gasteiger partial charge in [-0.1, -0.05) is 42.5 Å². The Kier molecular flexibility index (Phi) is 5.36. The van der Waals surface area contributed by atoms with Gasteiger partial charge in [0.15, 0.2) is 5.78 Å². The van der Waals surface area contributed by atoms with E-state index >= 15 is 0 Å². The van der Waals surface area contributed by atoms with E-state index in [-0.39, 0.29) is 23.7 Å². The second-order valence-electron chi connectivity index (χ2n) is 6.13. The minimum absolute atomic E-state index is 0.0954. The average molecular weight is 360 g/mol. The molecule has 0 aromatic heterocycles. The molecule has 0 aliphatic carbocycles. The number of para-hydroxylation sites is 1. The molecule has 0 saturated carbocycles. The minimum atomic E-state index is -0.473. The summed E-state index contributed by atoms with van der Waals surface area (Å²) in [6.07, 6.45) is 0. The van der Waals surface area contributed by atoms with Gasteiger partial charge in [-0.25, -0.2) is 4.79 Å². The number of ether oxygens (including phenoxy) is 1. The summed E-state index contributed by atoms with van der Waals surface area (Å²) in [6.45, 7) is 3.82. The molecule has 0 radical (unpaired) electrons. The fourth-order valence-corrected chi connectivity index (χ4v) is 3.00. The van der Waals surface area contributed by atoms with Crippen LogP contribution in [0.15, 0.2) is 66.7 Å². The number of benzene rings is 3. The summed E-state index contributed by atoms with van der Waals surface area (Å²) in [5.41, 5.74) is 3.28. The summed E-state index contributed by atoms with van der Waals surface area (Å²) >= 11 is 0. The topological polar surface area (TPSA) is 63.6 Å². The summed E-state index contributed by atoms with van der Waals surface area (Å²) < 4.78 is 5.16. The Morgan fingerprint density at radius 3 is 2.26 bits per heavy atom. The van der Waals surface area contributed by atoms with Crippen LogP contribution in [0.5, 0.6) is 5.75 Å². The summed E-state index contributed by atoms with van der Waals surface area (Å²) in [5, 5.41) is 10.0. The average Bonchev–Trinajstić information content (AvgIpc) is 2.69. The lowest BCUT2D eigenvalue weighted by Gasteiger charge is -2.14. The first kappa shape index (κ1) is 18.4. The molecule has 0 bridgehead atoms. The molecule has 3 rings (SSSR count). The normalized spacial score (nSPS) is 10.4. The van der Waals surface area contributed by atoms with Crippen LogP contribution in [-0.2, 0) is 4.74 Å². The molecule has 0 spiro atoms. The molecule has 0 amide bonds. The smallest absolute Gasteiger partial charge is 0.338 e. The minimum Gasteiger partial charge on any atom is -0.507 e. The van der Waals surface area contributed by atoms with Crippen LogP contribution in [0.25, 0.3) is 11.1 Å². The van der Waals surface area contributed by atoms with Gasteiger partial charge in [-0.15, -0.1) is 0 Å². The molecule has 0 saturated heterocycles. The number of ketones is 1. The van der Waals surface area contributed by atoms with Crippen molar-refractivity contribution >= 4 is 11.8 Å². The van der Waals surface area contributed by atoms with Gasteiger partial charge < -0.3 is 9.84 Å². The Bertz CT molecular complexity index is 991. The van der Waals surface area contributed by atoms with Crippen LogP contribution in [0.3, 0.4) is 0 Å². The van der Waals surface area contributed by atoms with Crippen molar-refractivity contribution in [3.63, 3.8) is 0 Å². The standard InChI is InChI=1S/C23H20O4/c1-3-27-23(26)20-14-17(22(25)18-11-7-8-12-21(18)24)13-19(15(20)2)16-9-5-4-6-10-16/h4-14,24H,3H2,1-2H3. The number of esters is 1. The van der Waals surface area contributed by atoms with Gasteiger partial charge in [0.05, 0.1) is 17.7 Å². The van der Waals surface area contributed by atoms with E-state index in [1.807, 2.05) is 37.3 Å². The maximum atomic E-state index is 13.0. The molecule has 0 atom stereocenters. The van der Waals surface area contributed by atoms with Gasteiger partial charge in [0.1, 0.15) is 5.75 Å². The molecule has 4 nitrogen and oxygen atoms in total. The molecule has 1 N–H and O–H groups in total. The molecule has 136 valence electrons. The third-order valence-electron chi connectivity index (χ3n) is 4.40. The molecular formula is C23H20O4. The van der Waals surface area contributed by atoms with Gasteiger partial charge in [0, 0.05) is 5.56 Å². The predicted octanol–water partition coefficient (Wildman–Crippen LogP) is 4.78. The van der Waals surface area contributed by atoms with E-state index in [1.165, 1.54) is 12.1 Å². The first-order valence-electron chi connectivity index (χ1n) is 8.72. The Balaban J connectivity index is 2.20. The maximum absolute atomic E-state index is 13.0. The summed E-state index contributed by atoms with van der Waals surface area (Å²) in [5.74, 6) is -0.919. The highest BCUT2D eigenvalue weighted by atomic mass is 16.5. The lowest BCUT2D eigenvalue weighted by atomic mass is 9.91. The van der Waals surface area contributed by atoms with Crippen molar-refractivity contribution in [3.05, 3.63) is 89.0 Å². The number of carbonyl (C=O) groups excluding carboxylic acids is 2. The Morgan fingerprint density at radius 1 is 0.926 bits per heavy atom. The van der Waals surface area contributed by atoms with Crippen LogP contribution >= 0.6 is 0 Å². The number of aromatic hydroxyl groups is 1. The number of rotatable bonds is 5. The van der Waals surface area contributed by atoms with E-state index < -0.39 is 5.97 Å². The molecule has 3 aromatic carbocycles. The van der Waals surface area contributed by atoms with Crippen molar-refractivity contribution in [2.24, 2.45) is 0 Å². The van der Waals surface area contributed by atoms with Gasteiger partial charge in [-0.05, 0) is 54.8 Å². The van der Waals surface area contributed by atoms with Crippen LogP contribution in [-0.4, -0.2) is 23.5 Å². The van der Waals surface area contributed by atoms with Crippen molar-refractivity contribution in [1.82, 2.24) is 0 Å². The predicted molar refractivity (Wildman–Crippen MR) is 104 cm³/mol. The van der Waals surface area contributed by atoms with Crippen LogP contribution < -0.4 is 0 Å². The molecule has 4 heteroatoms. The zero-order valence-corrected chi connectivity index (χ0v) is 15.2. The van der Waals surface area contributed by atoms with Crippen LogP contribution in [0.1, 0.15) is 38.8 Å². The fourth-order valence-electron chi connectivity index (χ4n) is 3.00. The van der Waals surface area contributed by atoms with Gasteiger partial charge in [0.25, 0.3) is 0 Å². The van der Waals surface area contributed by atoms with Gasteiger partial charge in [-0.2, -0.15) is 0 Å². The van der Waals surface area contributed by atoms with Gasteiger partial charge in [0.2, 0.25) is 0 Å². The number of phenols is 1. The number of carbonyl (C=O) groups is 2. The molecule has 0 aliphatic rings. The molecule has 3 aromatic rings. The molecule has 0 aliphatic heterocycles. The Morgan fingerprint density at radius 2 is 1.59 bits per heavy atom.